The fraction of sp³-hybridized carbons (Fsp3) is 0.429. The van der Waals surface area contributed by atoms with Gasteiger partial charge in [-0.15, -0.1) is 0 Å². The number of amides is 1. The zero-order valence-corrected chi connectivity index (χ0v) is 12.2. The molecule has 5 heteroatoms. The Bertz CT molecular complexity index is 432. The van der Waals surface area contributed by atoms with Crippen LogP contribution in [0.3, 0.4) is 0 Å². The van der Waals surface area contributed by atoms with E-state index in [4.69, 9.17) is 22.7 Å². The van der Waals surface area contributed by atoms with Crippen LogP contribution in [0.5, 0.6) is 5.75 Å². The third-order valence-corrected chi connectivity index (χ3v) is 3.11. The Hall–Kier alpha value is -1.62. The van der Waals surface area contributed by atoms with Crippen LogP contribution in [-0.4, -0.2) is 36.5 Å². The summed E-state index contributed by atoms with van der Waals surface area (Å²) >= 11 is 4.79. The summed E-state index contributed by atoms with van der Waals surface area (Å²) in [4.78, 5) is 14.0. The lowest BCUT2D eigenvalue weighted by molar-refractivity contribution is -0.129. The molecular formula is C14H20N2O2S. The van der Waals surface area contributed by atoms with E-state index in [1.807, 2.05) is 24.3 Å². The van der Waals surface area contributed by atoms with Crippen LogP contribution in [0, 0.1) is 0 Å². The van der Waals surface area contributed by atoms with Gasteiger partial charge in [0.15, 0.2) is 0 Å². The molecule has 0 aliphatic rings. The molecule has 1 rings (SSSR count). The summed E-state index contributed by atoms with van der Waals surface area (Å²) in [7, 11) is 3.41. The summed E-state index contributed by atoms with van der Waals surface area (Å²) in [6, 6.07) is 7.75. The average Bonchev–Trinajstić information content (AvgIpc) is 2.42. The average molecular weight is 280 g/mol. The first-order chi connectivity index (χ1) is 9.02. The second-order valence-corrected chi connectivity index (χ2v) is 4.90. The van der Waals surface area contributed by atoms with E-state index in [9.17, 15) is 4.79 Å². The molecular weight excluding hydrogens is 260 g/mol. The summed E-state index contributed by atoms with van der Waals surface area (Å²) in [5.74, 6) is 0.927. The van der Waals surface area contributed by atoms with E-state index in [2.05, 4.69) is 0 Å². The number of nitrogens with two attached hydrogens (primary N) is 1. The second-order valence-electron chi connectivity index (χ2n) is 4.38. The molecule has 0 unspecified atom stereocenters. The molecule has 0 radical (unpaired) electrons. The van der Waals surface area contributed by atoms with E-state index >= 15 is 0 Å². The maximum Gasteiger partial charge on any atom is 0.222 e. The van der Waals surface area contributed by atoms with E-state index in [0.29, 0.717) is 24.4 Å². The molecule has 1 amide bonds. The van der Waals surface area contributed by atoms with Gasteiger partial charge in [-0.3, -0.25) is 4.79 Å². The van der Waals surface area contributed by atoms with Gasteiger partial charge in [0, 0.05) is 26.4 Å². The molecule has 0 bridgehead atoms. The van der Waals surface area contributed by atoms with Crippen molar-refractivity contribution in [1.82, 2.24) is 4.90 Å². The highest BCUT2D eigenvalue weighted by Gasteiger charge is 2.08. The summed E-state index contributed by atoms with van der Waals surface area (Å²) in [5, 5.41) is 0. The number of hydrogen-bond acceptors (Lipinski definition) is 3. The van der Waals surface area contributed by atoms with Crippen LogP contribution >= 0.6 is 12.2 Å². The van der Waals surface area contributed by atoms with Crippen molar-refractivity contribution < 1.29 is 9.53 Å². The normalized spacial score (nSPS) is 10.0. The van der Waals surface area contributed by atoms with Crippen LogP contribution in [-0.2, 0) is 11.2 Å². The number of ether oxygens (including phenoxy) is 1. The van der Waals surface area contributed by atoms with Gasteiger partial charge in [-0.1, -0.05) is 24.4 Å². The van der Waals surface area contributed by atoms with E-state index < -0.39 is 0 Å². The third kappa shape index (κ3) is 5.70. The van der Waals surface area contributed by atoms with Crippen molar-refractivity contribution in [3.63, 3.8) is 0 Å². The molecule has 19 heavy (non-hydrogen) atoms. The molecule has 0 aliphatic heterocycles. The van der Waals surface area contributed by atoms with Gasteiger partial charge < -0.3 is 15.4 Å². The fourth-order valence-corrected chi connectivity index (χ4v) is 1.73. The van der Waals surface area contributed by atoms with Crippen molar-refractivity contribution >= 4 is 23.1 Å². The Morgan fingerprint density at radius 3 is 2.47 bits per heavy atom. The molecule has 104 valence electrons. The summed E-state index contributed by atoms with van der Waals surface area (Å²) in [6.07, 6.45) is 1.78. The Balaban J connectivity index is 2.38. The van der Waals surface area contributed by atoms with Crippen molar-refractivity contribution in [2.24, 2.45) is 5.73 Å². The molecule has 0 saturated carbocycles. The quantitative estimate of drug-likeness (QED) is 0.773. The fourth-order valence-electron chi connectivity index (χ4n) is 1.64. The summed E-state index contributed by atoms with van der Waals surface area (Å²) in [6.45, 7) is 0.580. The number of carbonyl (C=O) groups is 1. The van der Waals surface area contributed by atoms with Crippen molar-refractivity contribution in [2.75, 3.05) is 20.7 Å². The van der Waals surface area contributed by atoms with Crippen molar-refractivity contribution in [1.29, 1.82) is 0 Å². The van der Waals surface area contributed by atoms with Crippen molar-refractivity contribution in [3.05, 3.63) is 29.8 Å². The maximum atomic E-state index is 11.9. The first-order valence-corrected chi connectivity index (χ1v) is 6.59. The first kappa shape index (κ1) is 15.4. The minimum absolute atomic E-state index is 0.104. The van der Waals surface area contributed by atoms with Gasteiger partial charge >= 0.3 is 0 Å². The Labute approximate surface area is 119 Å². The van der Waals surface area contributed by atoms with Crippen molar-refractivity contribution in [2.45, 2.75) is 19.3 Å². The molecule has 1 aromatic rings. The van der Waals surface area contributed by atoms with Crippen LogP contribution in [0.25, 0.3) is 0 Å². The molecule has 0 heterocycles. The highest BCUT2D eigenvalue weighted by Crippen LogP contribution is 2.12. The molecule has 0 saturated heterocycles. The first-order valence-electron chi connectivity index (χ1n) is 6.18. The number of carbonyl (C=O) groups excluding carboxylic acids is 1. The van der Waals surface area contributed by atoms with E-state index in [-0.39, 0.29) is 5.91 Å². The predicted molar refractivity (Wildman–Crippen MR) is 80.4 cm³/mol. The molecule has 2 N–H and O–H groups in total. The molecule has 0 spiro atoms. The number of thiocarbonyl (C=S) groups is 1. The lowest BCUT2D eigenvalue weighted by Crippen LogP contribution is -2.30. The third-order valence-electron chi connectivity index (χ3n) is 2.91. The largest absolute Gasteiger partial charge is 0.497 e. The van der Waals surface area contributed by atoms with Crippen LogP contribution in [0.1, 0.15) is 18.4 Å². The number of aryl methyl sites for hydroxylation is 1. The van der Waals surface area contributed by atoms with Crippen LogP contribution in [0.4, 0.5) is 0 Å². The minimum atomic E-state index is 0.104. The van der Waals surface area contributed by atoms with Crippen LogP contribution < -0.4 is 10.5 Å². The smallest absolute Gasteiger partial charge is 0.222 e. The second kappa shape index (κ2) is 7.74. The number of methoxy groups -OCH3 is 1. The number of rotatable bonds is 7. The van der Waals surface area contributed by atoms with E-state index in [0.717, 1.165) is 17.7 Å². The molecule has 0 fully saturated rings. The van der Waals surface area contributed by atoms with Gasteiger partial charge in [0.05, 0.1) is 12.1 Å². The highest BCUT2D eigenvalue weighted by atomic mass is 32.1. The SMILES string of the molecule is COc1ccc(CCC(=O)N(C)CCC(N)=S)cc1. The topological polar surface area (TPSA) is 55.6 Å². The maximum absolute atomic E-state index is 11.9. The van der Waals surface area contributed by atoms with Crippen LogP contribution in [0.2, 0.25) is 0 Å². The molecule has 0 aromatic heterocycles. The van der Waals surface area contributed by atoms with Gasteiger partial charge in [0.25, 0.3) is 0 Å². The van der Waals surface area contributed by atoms with Gasteiger partial charge in [0.2, 0.25) is 5.91 Å². The van der Waals surface area contributed by atoms with Gasteiger partial charge in [-0.05, 0) is 24.1 Å². The van der Waals surface area contributed by atoms with E-state index in [1.165, 1.54) is 0 Å². The molecule has 0 aliphatic carbocycles. The van der Waals surface area contributed by atoms with Gasteiger partial charge in [-0.25, -0.2) is 0 Å². The molecule has 1 aromatic carbocycles. The lowest BCUT2D eigenvalue weighted by Gasteiger charge is -2.16. The number of nitrogens with zero attached hydrogens (tertiary/aromatic N) is 1. The lowest BCUT2D eigenvalue weighted by atomic mass is 10.1. The highest BCUT2D eigenvalue weighted by molar-refractivity contribution is 7.80. The molecule has 0 atom stereocenters. The monoisotopic (exact) mass is 280 g/mol. The minimum Gasteiger partial charge on any atom is -0.497 e. The predicted octanol–water partition coefficient (Wildman–Crippen LogP) is 1.76. The summed E-state index contributed by atoms with van der Waals surface area (Å²) < 4.78 is 5.09. The Kier molecular flexibility index (Phi) is 6.29. The summed E-state index contributed by atoms with van der Waals surface area (Å²) in [5.41, 5.74) is 6.54. The Morgan fingerprint density at radius 1 is 1.32 bits per heavy atom. The van der Waals surface area contributed by atoms with Gasteiger partial charge in [-0.2, -0.15) is 0 Å². The number of hydrogen-bond donors (Lipinski definition) is 1. The number of benzene rings is 1. The van der Waals surface area contributed by atoms with Crippen LogP contribution in [0.15, 0.2) is 24.3 Å². The van der Waals surface area contributed by atoms with Crippen molar-refractivity contribution in [3.8, 4) is 5.75 Å². The Morgan fingerprint density at radius 2 is 1.95 bits per heavy atom. The van der Waals surface area contributed by atoms with Gasteiger partial charge in [0.1, 0.15) is 5.75 Å². The zero-order chi connectivity index (χ0) is 14.3. The standard InChI is InChI=1S/C14H20N2O2S/c1-16(10-9-13(15)19)14(17)8-5-11-3-6-12(18-2)7-4-11/h3-4,6-7H,5,8-10H2,1-2H3,(H2,15,19). The molecule has 4 nitrogen and oxygen atoms in total. The van der Waals surface area contributed by atoms with E-state index in [1.54, 1.807) is 19.1 Å². The zero-order valence-electron chi connectivity index (χ0n) is 11.4.